The zero-order valence-corrected chi connectivity index (χ0v) is 23.0. The molecular formula is C23H36N7O7P. The van der Waals surface area contributed by atoms with Gasteiger partial charge in [-0.25, -0.2) is 19.7 Å². The molecule has 0 unspecified atom stereocenters. The average molecular weight is 554 g/mol. The second-order valence-corrected chi connectivity index (χ2v) is 10.7. The van der Waals surface area contributed by atoms with E-state index in [9.17, 15) is 14.2 Å². The maximum atomic E-state index is 13.8. The SMILES string of the molecule is C=NC[C@]1(c2ccc3c(N)ncnn23)CC[C@@H](COP(=O)(N[C@@H](C)C(=O)OCC)N[C@@H](C)C(=O)OCC)O1. The number of nitrogens with one attached hydrogen (secondary N) is 2. The van der Waals surface area contributed by atoms with Crippen LogP contribution in [0.25, 0.3) is 5.52 Å². The molecule has 2 aromatic heterocycles. The number of fused-ring (bicyclic) bond motifs is 1. The van der Waals surface area contributed by atoms with E-state index in [0.29, 0.717) is 24.2 Å². The molecule has 0 amide bonds. The van der Waals surface area contributed by atoms with Gasteiger partial charge in [-0.05, 0) is 59.4 Å². The predicted molar refractivity (Wildman–Crippen MR) is 140 cm³/mol. The van der Waals surface area contributed by atoms with Crippen molar-refractivity contribution in [2.24, 2.45) is 4.99 Å². The van der Waals surface area contributed by atoms with Crippen LogP contribution in [0.15, 0.2) is 23.5 Å². The summed E-state index contributed by atoms with van der Waals surface area (Å²) in [5.74, 6) is -0.900. The van der Waals surface area contributed by atoms with E-state index in [1.807, 2.05) is 6.07 Å². The highest BCUT2D eigenvalue weighted by Gasteiger charge is 2.45. The molecule has 0 spiro atoms. The maximum Gasteiger partial charge on any atom is 0.342 e. The van der Waals surface area contributed by atoms with Crippen LogP contribution < -0.4 is 15.9 Å². The third-order valence-electron chi connectivity index (χ3n) is 6.03. The first-order valence-corrected chi connectivity index (χ1v) is 14.0. The van der Waals surface area contributed by atoms with E-state index < -0.39 is 43.4 Å². The number of anilines is 1. The number of esters is 2. The Morgan fingerprint density at radius 3 is 2.47 bits per heavy atom. The summed E-state index contributed by atoms with van der Waals surface area (Å²) in [7, 11) is -3.96. The number of ether oxygens (including phenoxy) is 3. The smallest absolute Gasteiger partial charge is 0.342 e. The number of carbonyl (C=O) groups is 2. The lowest BCUT2D eigenvalue weighted by molar-refractivity contribution is -0.145. The second-order valence-electron chi connectivity index (χ2n) is 8.87. The molecule has 4 N–H and O–H groups in total. The van der Waals surface area contributed by atoms with Crippen molar-refractivity contribution in [3.05, 3.63) is 24.2 Å². The summed E-state index contributed by atoms with van der Waals surface area (Å²) in [6.45, 7) is 10.4. The summed E-state index contributed by atoms with van der Waals surface area (Å²) in [6.07, 6.45) is 1.97. The number of aliphatic imine (C=N–C) groups is 1. The van der Waals surface area contributed by atoms with E-state index in [0.717, 1.165) is 5.69 Å². The maximum absolute atomic E-state index is 13.8. The van der Waals surface area contributed by atoms with E-state index in [1.165, 1.54) is 20.2 Å². The highest BCUT2D eigenvalue weighted by molar-refractivity contribution is 7.54. The van der Waals surface area contributed by atoms with Crippen LogP contribution in [0, 0.1) is 0 Å². The Morgan fingerprint density at radius 2 is 1.89 bits per heavy atom. The summed E-state index contributed by atoms with van der Waals surface area (Å²) < 4.78 is 37.6. The third kappa shape index (κ3) is 6.75. The number of hydrogen-bond acceptors (Lipinski definition) is 11. The fourth-order valence-electron chi connectivity index (χ4n) is 4.26. The lowest BCUT2D eigenvalue weighted by Gasteiger charge is -2.29. The van der Waals surface area contributed by atoms with E-state index in [1.54, 1.807) is 24.4 Å². The average Bonchev–Trinajstić information content (AvgIpc) is 3.49. The Hall–Kier alpha value is -2.90. The van der Waals surface area contributed by atoms with Gasteiger partial charge in [-0.2, -0.15) is 5.10 Å². The van der Waals surface area contributed by atoms with Crippen molar-refractivity contribution in [2.75, 3.05) is 32.1 Å². The second kappa shape index (κ2) is 12.8. The Kier molecular flexibility index (Phi) is 9.96. The highest BCUT2D eigenvalue weighted by atomic mass is 31.2. The Balaban J connectivity index is 1.78. The van der Waals surface area contributed by atoms with Gasteiger partial charge >= 0.3 is 19.6 Å². The van der Waals surface area contributed by atoms with Gasteiger partial charge in [0.15, 0.2) is 5.82 Å². The van der Waals surface area contributed by atoms with Crippen LogP contribution in [0.3, 0.4) is 0 Å². The standard InChI is InChI=1S/C23H36N7O7P/c1-6-34-21(31)15(3)28-38(33,29-16(4)22(32)35-7-2)36-12-17-10-11-23(37-17,13-25-5)19-9-8-18-20(24)26-14-27-30(18)19/h8-9,14-17H,5-7,10-13H2,1-4H3,(H2,24,26,27)(H2,28,29,33)/t15-,16-,17-,23-/m0/s1. The number of aromatic nitrogens is 3. The van der Waals surface area contributed by atoms with Crippen molar-refractivity contribution >= 4 is 37.7 Å². The van der Waals surface area contributed by atoms with Gasteiger partial charge in [0.25, 0.3) is 0 Å². The van der Waals surface area contributed by atoms with Crippen molar-refractivity contribution in [3.63, 3.8) is 0 Å². The molecule has 15 heteroatoms. The third-order valence-corrected chi connectivity index (χ3v) is 8.00. The number of nitrogens with two attached hydrogens (primary N) is 1. The first-order valence-electron chi connectivity index (χ1n) is 12.4. The summed E-state index contributed by atoms with van der Waals surface area (Å²) in [5, 5.41) is 9.62. The summed E-state index contributed by atoms with van der Waals surface area (Å²) in [6, 6.07) is 1.70. The van der Waals surface area contributed by atoms with Crippen LogP contribution in [0.4, 0.5) is 5.82 Å². The van der Waals surface area contributed by atoms with Gasteiger partial charge in [-0.1, -0.05) is 0 Å². The molecule has 14 nitrogen and oxygen atoms in total. The normalized spacial score (nSPS) is 21.2. The van der Waals surface area contributed by atoms with Gasteiger partial charge < -0.3 is 24.5 Å². The fraction of sp³-hybridized carbons (Fsp3) is 0.609. The van der Waals surface area contributed by atoms with Crippen LogP contribution in [0.1, 0.15) is 46.2 Å². The largest absolute Gasteiger partial charge is 0.465 e. The molecule has 0 radical (unpaired) electrons. The predicted octanol–water partition coefficient (Wildman–Crippen LogP) is 1.59. The first-order chi connectivity index (χ1) is 18.1. The molecule has 0 aliphatic carbocycles. The van der Waals surface area contributed by atoms with Gasteiger partial charge in [0.05, 0.1) is 38.2 Å². The van der Waals surface area contributed by atoms with Gasteiger partial charge in [-0.3, -0.25) is 19.1 Å². The van der Waals surface area contributed by atoms with Gasteiger partial charge in [0, 0.05) is 0 Å². The molecule has 0 bridgehead atoms. The lowest BCUT2D eigenvalue weighted by Crippen LogP contribution is -2.43. The van der Waals surface area contributed by atoms with Crippen molar-refractivity contribution in [1.29, 1.82) is 0 Å². The molecule has 210 valence electrons. The number of hydrogen-bond donors (Lipinski definition) is 3. The van der Waals surface area contributed by atoms with E-state index in [2.05, 4.69) is 32.0 Å². The summed E-state index contributed by atoms with van der Waals surface area (Å²) in [4.78, 5) is 32.5. The molecular weight excluding hydrogens is 517 g/mol. The number of carbonyl (C=O) groups excluding carboxylic acids is 2. The zero-order chi connectivity index (χ0) is 27.9. The molecule has 0 saturated carbocycles. The van der Waals surface area contributed by atoms with E-state index in [-0.39, 0.29) is 26.4 Å². The van der Waals surface area contributed by atoms with Gasteiger partial charge in [-0.15, -0.1) is 0 Å². The molecule has 2 aromatic rings. The van der Waals surface area contributed by atoms with Crippen molar-refractivity contribution in [3.8, 4) is 0 Å². The van der Waals surface area contributed by atoms with Crippen LogP contribution in [-0.4, -0.2) is 77.8 Å². The van der Waals surface area contributed by atoms with Crippen molar-refractivity contribution in [2.45, 2.75) is 64.3 Å². The fourth-order valence-corrected chi connectivity index (χ4v) is 6.09. The molecule has 4 atom stereocenters. The first kappa shape index (κ1) is 29.7. The molecule has 1 aliphatic rings. The Morgan fingerprint density at radius 1 is 1.26 bits per heavy atom. The highest BCUT2D eigenvalue weighted by Crippen LogP contribution is 2.44. The lowest BCUT2D eigenvalue weighted by atomic mass is 9.96. The van der Waals surface area contributed by atoms with Gasteiger partial charge in [0.2, 0.25) is 0 Å². The van der Waals surface area contributed by atoms with Crippen LogP contribution >= 0.6 is 7.67 Å². The van der Waals surface area contributed by atoms with Crippen LogP contribution in [-0.2, 0) is 38.5 Å². The van der Waals surface area contributed by atoms with E-state index in [4.69, 9.17) is 24.5 Å². The summed E-state index contributed by atoms with van der Waals surface area (Å²) >= 11 is 0. The minimum absolute atomic E-state index is 0.109. The Labute approximate surface area is 221 Å². The molecule has 1 aliphatic heterocycles. The molecule has 3 heterocycles. The number of rotatable bonds is 14. The minimum Gasteiger partial charge on any atom is -0.465 e. The quantitative estimate of drug-likeness (QED) is 0.175. The van der Waals surface area contributed by atoms with Crippen LogP contribution in [0.5, 0.6) is 0 Å². The minimum atomic E-state index is -3.96. The molecule has 3 rings (SSSR count). The number of nitrogens with zero attached hydrogens (tertiary/aromatic N) is 4. The van der Waals surface area contributed by atoms with E-state index >= 15 is 0 Å². The van der Waals surface area contributed by atoms with Gasteiger partial charge in [0.1, 0.15) is 29.5 Å². The van der Waals surface area contributed by atoms with Crippen molar-refractivity contribution < 1.29 is 32.9 Å². The monoisotopic (exact) mass is 553 g/mol. The topological polar surface area (TPSA) is 181 Å². The zero-order valence-electron chi connectivity index (χ0n) is 22.1. The Bertz CT molecular complexity index is 1160. The molecule has 0 aromatic carbocycles. The molecule has 38 heavy (non-hydrogen) atoms. The van der Waals surface area contributed by atoms with Crippen molar-refractivity contribution in [1.82, 2.24) is 24.8 Å². The number of nitrogen functional groups attached to an aromatic ring is 1. The summed E-state index contributed by atoms with van der Waals surface area (Å²) in [5.41, 5.74) is 6.48. The van der Waals surface area contributed by atoms with Crippen LogP contribution in [0.2, 0.25) is 0 Å². The molecule has 1 fully saturated rings. The molecule has 1 saturated heterocycles.